The highest BCUT2D eigenvalue weighted by molar-refractivity contribution is 9.11. The van der Waals surface area contributed by atoms with E-state index in [1.54, 1.807) is 12.1 Å². The first-order valence-electron chi connectivity index (χ1n) is 9.25. The fourth-order valence-corrected chi connectivity index (χ4v) is 4.39. The number of hydrogen-bond acceptors (Lipinski definition) is 4. The average Bonchev–Trinajstić information content (AvgIpc) is 2.66. The van der Waals surface area contributed by atoms with Gasteiger partial charge in [0, 0.05) is 28.3 Å². The zero-order valence-electron chi connectivity index (χ0n) is 17.1. The van der Waals surface area contributed by atoms with Crippen LogP contribution in [0.5, 0.6) is 5.75 Å². The second kappa shape index (κ2) is 8.89. The molecular weight excluding hydrogens is 517 g/mol. The minimum atomic E-state index is -0.447. The highest BCUT2D eigenvalue weighted by atomic mass is 79.9. The van der Waals surface area contributed by atoms with Gasteiger partial charge in [-0.2, -0.15) is 5.10 Å². The van der Waals surface area contributed by atoms with Gasteiger partial charge in [0.2, 0.25) is 0 Å². The summed E-state index contributed by atoms with van der Waals surface area (Å²) in [6.45, 7) is 5.95. The van der Waals surface area contributed by atoms with Gasteiger partial charge < -0.3 is 9.64 Å². The van der Waals surface area contributed by atoms with Crippen molar-refractivity contribution in [2.75, 3.05) is 18.6 Å². The van der Waals surface area contributed by atoms with Crippen LogP contribution in [0.1, 0.15) is 31.9 Å². The molecule has 0 saturated heterocycles. The van der Waals surface area contributed by atoms with Crippen molar-refractivity contribution in [3.63, 3.8) is 0 Å². The first-order chi connectivity index (χ1) is 14.1. The number of allylic oxidation sites excluding steroid dienone is 1. The molecule has 1 aliphatic heterocycles. The van der Waals surface area contributed by atoms with Gasteiger partial charge in [0.25, 0.3) is 5.91 Å². The predicted molar refractivity (Wildman–Crippen MR) is 126 cm³/mol. The largest absolute Gasteiger partial charge is 0.483 e. The normalized spacial score (nSPS) is 15.0. The molecule has 0 spiro atoms. The molecule has 2 aromatic rings. The van der Waals surface area contributed by atoms with Gasteiger partial charge in [0.1, 0.15) is 11.6 Å². The molecule has 1 amide bonds. The Balaban J connectivity index is 1.67. The summed E-state index contributed by atoms with van der Waals surface area (Å²) >= 11 is 6.72. The van der Waals surface area contributed by atoms with Gasteiger partial charge in [-0.1, -0.05) is 22.0 Å². The SMILES string of the molecule is CC1=CC(C)(C)N(C)c2cc(F)c(/C=N/NC(=O)COc3ccc(Br)cc3Br)cc21. The lowest BCUT2D eigenvalue weighted by atomic mass is 9.88. The Hall–Kier alpha value is -2.19. The topological polar surface area (TPSA) is 53.9 Å². The van der Waals surface area contributed by atoms with Gasteiger partial charge in [0.05, 0.1) is 16.2 Å². The number of ether oxygens (including phenoxy) is 1. The van der Waals surface area contributed by atoms with Gasteiger partial charge in [-0.05, 0) is 72.6 Å². The minimum Gasteiger partial charge on any atom is -0.483 e. The van der Waals surface area contributed by atoms with Crippen LogP contribution >= 0.6 is 31.9 Å². The summed E-state index contributed by atoms with van der Waals surface area (Å²) in [6, 6.07) is 8.61. The van der Waals surface area contributed by atoms with E-state index in [0.717, 1.165) is 25.8 Å². The van der Waals surface area contributed by atoms with E-state index in [-0.39, 0.29) is 12.1 Å². The van der Waals surface area contributed by atoms with Gasteiger partial charge in [-0.3, -0.25) is 4.79 Å². The van der Waals surface area contributed by atoms with Gasteiger partial charge in [0.15, 0.2) is 6.61 Å². The number of carbonyl (C=O) groups is 1. The van der Waals surface area contributed by atoms with Crippen molar-refractivity contribution in [3.8, 4) is 5.75 Å². The first kappa shape index (κ1) is 22.5. The number of likely N-dealkylation sites (N-methyl/N-ethyl adjacent to an activating group) is 1. The van der Waals surface area contributed by atoms with Crippen LogP contribution in [0.3, 0.4) is 0 Å². The summed E-state index contributed by atoms with van der Waals surface area (Å²) in [5, 5.41) is 3.88. The molecule has 0 aliphatic carbocycles. The van der Waals surface area contributed by atoms with Gasteiger partial charge >= 0.3 is 0 Å². The molecule has 0 bridgehead atoms. The fraction of sp³-hybridized carbons (Fsp3) is 0.273. The number of anilines is 1. The number of rotatable bonds is 5. The molecule has 158 valence electrons. The smallest absolute Gasteiger partial charge is 0.277 e. The molecule has 30 heavy (non-hydrogen) atoms. The number of nitrogens with zero attached hydrogens (tertiary/aromatic N) is 2. The Bertz CT molecular complexity index is 1050. The van der Waals surface area contributed by atoms with Crippen LogP contribution in [0.15, 0.2) is 50.5 Å². The Labute approximate surface area is 192 Å². The Morgan fingerprint density at radius 1 is 1.30 bits per heavy atom. The molecule has 0 radical (unpaired) electrons. The molecule has 8 heteroatoms. The molecule has 0 unspecified atom stereocenters. The molecular formula is C22H22Br2FN3O2. The minimum absolute atomic E-state index is 0.197. The first-order valence-corrected chi connectivity index (χ1v) is 10.8. The van der Waals surface area contributed by atoms with E-state index >= 15 is 0 Å². The molecule has 2 aromatic carbocycles. The number of halogens is 3. The standard InChI is InChI=1S/C22H22Br2FN3O2/c1-13-10-22(2,3)28(4)19-9-18(25)14(7-16(13)19)11-26-27-21(29)12-30-20-6-5-15(23)8-17(20)24/h5-11H,12H2,1-4H3,(H,27,29)/b26-11+. The van der Waals surface area contributed by atoms with Crippen LogP contribution in [0, 0.1) is 5.82 Å². The second-order valence-electron chi connectivity index (χ2n) is 7.59. The molecule has 3 rings (SSSR count). The number of carbonyl (C=O) groups excluding carboxylic acids is 1. The molecule has 1 aliphatic rings. The van der Waals surface area contributed by atoms with Crippen molar-refractivity contribution >= 4 is 55.2 Å². The average molecular weight is 539 g/mol. The van der Waals surface area contributed by atoms with Crippen molar-refractivity contribution in [2.24, 2.45) is 5.10 Å². The van der Waals surface area contributed by atoms with E-state index in [1.165, 1.54) is 12.3 Å². The summed E-state index contributed by atoms with van der Waals surface area (Å²) in [7, 11) is 1.94. The Morgan fingerprint density at radius 2 is 2.03 bits per heavy atom. The van der Waals surface area contributed by atoms with Crippen LogP contribution in [0.25, 0.3) is 5.57 Å². The van der Waals surface area contributed by atoms with Crippen LogP contribution in [-0.4, -0.2) is 31.3 Å². The monoisotopic (exact) mass is 537 g/mol. The number of fused-ring (bicyclic) bond motifs is 1. The van der Waals surface area contributed by atoms with E-state index in [2.05, 4.69) is 62.3 Å². The van der Waals surface area contributed by atoms with Crippen molar-refractivity contribution in [2.45, 2.75) is 26.3 Å². The number of amides is 1. The Kier molecular flexibility index (Phi) is 6.67. The molecule has 1 heterocycles. The van der Waals surface area contributed by atoms with Crippen LogP contribution in [0.2, 0.25) is 0 Å². The van der Waals surface area contributed by atoms with E-state index < -0.39 is 11.7 Å². The summed E-state index contributed by atoms with van der Waals surface area (Å²) in [4.78, 5) is 14.0. The molecule has 0 saturated carbocycles. The summed E-state index contributed by atoms with van der Waals surface area (Å²) in [5.41, 5.74) is 5.30. The maximum atomic E-state index is 14.6. The third kappa shape index (κ3) is 4.92. The van der Waals surface area contributed by atoms with Crippen LogP contribution < -0.4 is 15.1 Å². The molecule has 0 aromatic heterocycles. The van der Waals surface area contributed by atoms with E-state index in [9.17, 15) is 9.18 Å². The summed E-state index contributed by atoms with van der Waals surface area (Å²) < 4.78 is 21.7. The number of benzene rings is 2. The fourth-order valence-electron chi connectivity index (χ4n) is 3.23. The molecule has 5 nitrogen and oxygen atoms in total. The quantitative estimate of drug-likeness (QED) is 0.403. The van der Waals surface area contributed by atoms with E-state index in [0.29, 0.717) is 11.3 Å². The zero-order chi connectivity index (χ0) is 22.1. The van der Waals surface area contributed by atoms with Gasteiger partial charge in [-0.15, -0.1) is 0 Å². The van der Waals surface area contributed by atoms with Crippen molar-refractivity contribution in [1.82, 2.24) is 5.43 Å². The third-order valence-corrected chi connectivity index (χ3v) is 6.09. The van der Waals surface area contributed by atoms with Crippen LogP contribution in [0.4, 0.5) is 10.1 Å². The van der Waals surface area contributed by atoms with Gasteiger partial charge in [-0.25, -0.2) is 9.82 Å². The lowest BCUT2D eigenvalue weighted by molar-refractivity contribution is -0.123. The number of hydrogen-bond donors (Lipinski definition) is 1. The second-order valence-corrected chi connectivity index (χ2v) is 9.36. The van der Waals surface area contributed by atoms with Crippen molar-refractivity contribution in [3.05, 3.63) is 62.3 Å². The molecule has 0 atom stereocenters. The van der Waals surface area contributed by atoms with E-state index in [1.807, 2.05) is 31.0 Å². The predicted octanol–water partition coefficient (Wildman–Crippen LogP) is 5.51. The summed E-state index contributed by atoms with van der Waals surface area (Å²) in [6.07, 6.45) is 3.45. The van der Waals surface area contributed by atoms with Crippen molar-refractivity contribution < 1.29 is 13.9 Å². The number of hydrazone groups is 1. The lowest BCUT2D eigenvalue weighted by Crippen LogP contribution is -2.42. The third-order valence-electron chi connectivity index (χ3n) is 4.98. The highest BCUT2D eigenvalue weighted by Crippen LogP contribution is 2.38. The number of nitrogens with one attached hydrogen (secondary N) is 1. The Morgan fingerprint density at radius 3 is 2.73 bits per heavy atom. The zero-order valence-corrected chi connectivity index (χ0v) is 20.3. The maximum Gasteiger partial charge on any atom is 0.277 e. The van der Waals surface area contributed by atoms with E-state index in [4.69, 9.17) is 4.74 Å². The summed E-state index contributed by atoms with van der Waals surface area (Å²) in [5.74, 6) is -0.316. The highest BCUT2D eigenvalue weighted by Gasteiger charge is 2.29. The molecule has 0 fully saturated rings. The van der Waals surface area contributed by atoms with Crippen molar-refractivity contribution in [1.29, 1.82) is 0 Å². The lowest BCUT2D eigenvalue weighted by Gasteiger charge is -2.40. The molecule has 1 N–H and O–H groups in total. The van der Waals surface area contributed by atoms with Crippen LogP contribution in [-0.2, 0) is 4.79 Å². The maximum absolute atomic E-state index is 14.6.